The Balaban J connectivity index is 1.53. The lowest BCUT2D eigenvalue weighted by molar-refractivity contribution is 0.391. The highest BCUT2D eigenvalue weighted by atomic mass is 32.2. The summed E-state index contributed by atoms with van der Waals surface area (Å²) in [6.45, 7) is 4.44. The highest BCUT2D eigenvalue weighted by Gasteiger charge is 2.16. The summed E-state index contributed by atoms with van der Waals surface area (Å²) in [5, 5.41) is 17.5. The molecule has 0 N–H and O–H groups in total. The fraction of sp³-hybridized carbons (Fsp3) is 0.158. The van der Waals surface area contributed by atoms with E-state index in [1.807, 2.05) is 51.7 Å². The molecule has 28 heavy (non-hydrogen) atoms. The third kappa shape index (κ3) is 3.85. The Kier molecular flexibility index (Phi) is 5.54. The molecule has 142 valence electrons. The normalized spacial score (nSPS) is 10.9. The summed E-state index contributed by atoms with van der Waals surface area (Å²) in [6, 6.07) is 9.69. The Bertz CT molecular complexity index is 1050. The zero-order chi connectivity index (χ0) is 19.3. The predicted octanol–water partition coefficient (Wildman–Crippen LogP) is 4.54. The molecule has 0 aliphatic carbocycles. The van der Waals surface area contributed by atoms with Crippen molar-refractivity contribution in [2.24, 2.45) is 0 Å². The number of hydrogen-bond donors (Lipinski definition) is 0. The van der Waals surface area contributed by atoms with E-state index >= 15 is 0 Å². The first-order valence-electron chi connectivity index (χ1n) is 8.45. The molecule has 9 heteroatoms. The van der Waals surface area contributed by atoms with Crippen LogP contribution < -0.4 is 4.74 Å². The molecule has 0 spiro atoms. The minimum atomic E-state index is 0.509. The second-order valence-corrected chi connectivity index (χ2v) is 7.47. The molecule has 0 bridgehead atoms. The van der Waals surface area contributed by atoms with Crippen LogP contribution in [0.1, 0.15) is 5.89 Å². The van der Waals surface area contributed by atoms with Crippen molar-refractivity contribution < 1.29 is 9.26 Å². The third-order valence-electron chi connectivity index (χ3n) is 3.95. The van der Waals surface area contributed by atoms with Gasteiger partial charge in [-0.2, -0.15) is 16.3 Å². The van der Waals surface area contributed by atoms with Crippen LogP contribution in [0.25, 0.3) is 22.8 Å². The number of benzene rings is 1. The minimum Gasteiger partial charge on any atom is -0.497 e. The van der Waals surface area contributed by atoms with E-state index in [0.717, 1.165) is 27.9 Å². The van der Waals surface area contributed by atoms with E-state index < -0.39 is 0 Å². The Hall–Kier alpha value is -2.91. The lowest BCUT2D eigenvalue weighted by Crippen LogP contribution is -2.00. The summed E-state index contributed by atoms with van der Waals surface area (Å²) >= 11 is 3.10. The molecular formula is C19H17N5O2S2. The molecule has 0 aliphatic heterocycles. The van der Waals surface area contributed by atoms with Gasteiger partial charge in [-0.3, -0.25) is 4.57 Å². The molecule has 0 atom stereocenters. The summed E-state index contributed by atoms with van der Waals surface area (Å²) in [7, 11) is 1.64. The second-order valence-electron chi connectivity index (χ2n) is 5.75. The van der Waals surface area contributed by atoms with Crippen molar-refractivity contribution in [1.82, 2.24) is 24.9 Å². The Labute approximate surface area is 170 Å². The number of allylic oxidation sites excluding steroid dienone is 1. The van der Waals surface area contributed by atoms with E-state index in [1.165, 1.54) is 11.8 Å². The van der Waals surface area contributed by atoms with Gasteiger partial charge in [0.15, 0.2) is 11.0 Å². The summed E-state index contributed by atoms with van der Waals surface area (Å²) in [6.07, 6.45) is 1.82. The molecule has 3 heterocycles. The van der Waals surface area contributed by atoms with Gasteiger partial charge < -0.3 is 9.26 Å². The molecule has 0 saturated heterocycles. The van der Waals surface area contributed by atoms with Gasteiger partial charge in [-0.15, -0.1) is 16.8 Å². The highest BCUT2D eigenvalue weighted by Crippen LogP contribution is 2.28. The molecule has 4 rings (SSSR count). The maximum Gasteiger partial charge on any atom is 0.237 e. The molecule has 0 radical (unpaired) electrons. The van der Waals surface area contributed by atoms with E-state index in [1.54, 1.807) is 18.4 Å². The number of nitrogens with zero attached hydrogens (tertiary/aromatic N) is 5. The quantitative estimate of drug-likeness (QED) is 0.311. The standard InChI is InChI=1S/C19H17N5O2S2/c1-3-9-24-18(13-4-6-15(25-2)7-5-13)21-22-19(24)28-12-16-20-17(23-26-16)14-8-10-27-11-14/h3-8,10-11H,1,9,12H2,2H3. The van der Waals surface area contributed by atoms with Crippen molar-refractivity contribution in [2.75, 3.05) is 7.11 Å². The smallest absolute Gasteiger partial charge is 0.237 e. The van der Waals surface area contributed by atoms with Gasteiger partial charge in [-0.25, -0.2) is 0 Å². The van der Waals surface area contributed by atoms with Crippen LogP contribution >= 0.6 is 23.1 Å². The molecule has 0 amide bonds. The Morgan fingerprint density at radius 3 is 2.79 bits per heavy atom. The number of rotatable bonds is 8. The van der Waals surface area contributed by atoms with Crippen molar-refractivity contribution in [2.45, 2.75) is 17.5 Å². The fourth-order valence-electron chi connectivity index (χ4n) is 2.59. The van der Waals surface area contributed by atoms with Gasteiger partial charge in [0.2, 0.25) is 11.7 Å². The third-order valence-corrected chi connectivity index (χ3v) is 5.58. The number of thioether (sulfide) groups is 1. The van der Waals surface area contributed by atoms with E-state index in [0.29, 0.717) is 24.0 Å². The van der Waals surface area contributed by atoms with E-state index in [2.05, 4.69) is 26.9 Å². The maximum absolute atomic E-state index is 5.36. The average Bonchev–Trinajstić information content (AvgIpc) is 3.47. The van der Waals surface area contributed by atoms with Crippen LogP contribution in [0.2, 0.25) is 0 Å². The number of aromatic nitrogens is 5. The lowest BCUT2D eigenvalue weighted by Gasteiger charge is -2.07. The molecular weight excluding hydrogens is 394 g/mol. The van der Waals surface area contributed by atoms with Gasteiger partial charge in [0.05, 0.1) is 12.9 Å². The highest BCUT2D eigenvalue weighted by molar-refractivity contribution is 7.98. The Morgan fingerprint density at radius 1 is 1.21 bits per heavy atom. The van der Waals surface area contributed by atoms with Crippen molar-refractivity contribution in [3.8, 4) is 28.5 Å². The number of ether oxygens (including phenoxy) is 1. The van der Waals surface area contributed by atoms with Gasteiger partial charge in [0.1, 0.15) is 5.75 Å². The molecule has 0 saturated carbocycles. The maximum atomic E-state index is 5.36. The summed E-state index contributed by atoms with van der Waals surface area (Å²) < 4.78 is 12.6. The number of thiophene rings is 1. The van der Waals surface area contributed by atoms with Gasteiger partial charge in [0.25, 0.3) is 0 Å². The molecule has 0 fully saturated rings. The zero-order valence-corrected chi connectivity index (χ0v) is 16.7. The zero-order valence-electron chi connectivity index (χ0n) is 15.1. The van der Waals surface area contributed by atoms with Crippen LogP contribution in [0.3, 0.4) is 0 Å². The molecule has 1 aromatic carbocycles. The van der Waals surface area contributed by atoms with Crippen LogP contribution in [-0.2, 0) is 12.3 Å². The number of methoxy groups -OCH3 is 1. The van der Waals surface area contributed by atoms with Gasteiger partial charge in [-0.1, -0.05) is 23.0 Å². The summed E-state index contributed by atoms with van der Waals surface area (Å²) in [5.74, 6) is 3.23. The van der Waals surface area contributed by atoms with E-state index in [9.17, 15) is 0 Å². The van der Waals surface area contributed by atoms with Crippen molar-refractivity contribution in [1.29, 1.82) is 0 Å². The van der Waals surface area contributed by atoms with Crippen LogP contribution in [0.5, 0.6) is 5.75 Å². The number of hydrogen-bond acceptors (Lipinski definition) is 8. The van der Waals surface area contributed by atoms with E-state index in [-0.39, 0.29) is 0 Å². The van der Waals surface area contributed by atoms with Crippen LogP contribution in [-0.4, -0.2) is 32.0 Å². The van der Waals surface area contributed by atoms with Crippen LogP contribution in [0, 0.1) is 0 Å². The molecule has 7 nitrogen and oxygen atoms in total. The van der Waals surface area contributed by atoms with Crippen molar-refractivity contribution in [3.05, 3.63) is 59.6 Å². The molecule has 3 aromatic heterocycles. The van der Waals surface area contributed by atoms with Crippen LogP contribution in [0.15, 0.2) is 63.4 Å². The monoisotopic (exact) mass is 411 g/mol. The first-order chi connectivity index (χ1) is 13.8. The van der Waals surface area contributed by atoms with E-state index in [4.69, 9.17) is 9.26 Å². The fourth-order valence-corrected chi connectivity index (χ4v) is 4.01. The lowest BCUT2D eigenvalue weighted by atomic mass is 10.2. The molecule has 0 unspecified atom stereocenters. The van der Waals surface area contributed by atoms with Crippen molar-refractivity contribution in [3.63, 3.8) is 0 Å². The largest absolute Gasteiger partial charge is 0.497 e. The average molecular weight is 412 g/mol. The first-order valence-corrected chi connectivity index (χ1v) is 10.4. The summed E-state index contributed by atoms with van der Waals surface area (Å²) in [5.41, 5.74) is 1.92. The molecule has 0 aliphatic rings. The Morgan fingerprint density at radius 2 is 2.07 bits per heavy atom. The van der Waals surface area contributed by atoms with Gasteiger partial charge in [-0.05, 0) is 35.7 Å². The van der Waals surface area contributed by atoms with Gasteiger partial charge in [0, 0.05) is 23.1 Å². The topological polar surface area (TPSA) is 78.9 Å². The predicted molar refractivity (Wildman–Crippen MR) is 109 cm³/mol. The summed E-state index contributed by atoms with van der Waals surface area (Å²) in [4.78, 5) is 4.44. The first kappa shape index (κ1) is 18.5. The second kappa shape index (κ2) is 8.41. The van der Waals surface area contributed by atoms with Crippen molar-refractivity contribution >= 4 is 23.1 Å². The minimum absolute atomic E-state index is 0.509. The SMILES string of the molecule is C=CCn1c(SCc2nc(-c3ccsc3)no2)nnc1-c1ccc(OC)cc1. The van der Waals surface area contributed by atoms with Gasteiger partial charge >= 0.3 is 0 Å². The molecule has 4 aromatic rings. The van der Waals surface area contributed by atoms with Crippen LogP contribution in [0.4, 0.5) is 0 Å².